The molecule has 1 aliphatic rings. The second-order valence-electron chi connectivity index (χ2n) is 6.09. The predicted molar refractivity (Wildman–Crippen MR) is 90.1 cm³/mol. The molecule has 1 fully saturated rings. The van der Waals surface area contributed by atoms with E-state index in [0.29, 0.717) is 19.2 Å². The summed E-state index contributed by atoms with van der Waals surface area (Å²) in [6.07, 6.45) is 1.90. The molecule has 1 aliphatic heterocycles. The second kappa shape index (κ2) is 9.66. The maximum absolute atomic E-state index is 11.9. The van der Waals surface area contributed by atoms with Crippen LogP contribution in [0.2, 0.25) is 0 Å². The van der Waals surface area contributed by atoms with Crippen LogP contribution >= 0.6 is 0 Å². The Balaban J connectivity index is 2.47. The normalized spacial score (nSPS) is 19.7. The monoisotopic (exact) mass is 312 g/mol. The number of nitrogens with one attached hydrogen (secondary N) is 1. The zero-order chi connectivity index (χ0) is 16.5. The number of esters is 1. The number of nitrogens with zero attached hydrogens (tertiary/aromatic N) is 3. The molecule has 0 amide bonds. The molecule has 0 aromatic heterocycles. The van der Waals surface area contributed by atoms with Crippen molar-refractivity contribution in [1.29, 1.82) is 0 Å². The highest BCUT2D eigenvalue weighted by atomic mass is 16.5. The number of aliphatic imine (C=N–C) groups is 1. The fourth-order valence-corrected chi connectivity index (χ4v) is 2.56. The third-order valence-electron chi connectivity index (χ3n) is 4.18. The molecule has 0 saturated carbocycles. The number of hydrogen-bond acceptors (Lipinski definition) is 4. The minimum absolute atomic E-state index is 0.0365. The van der Waals surface area contributed by atoms with E-state index in [0.717, 1.165) is 38.4 Å². The van der Waals surface area contributed by atoms with Gasteiger partial charge in [-0.1, -0.05) is 0 Å². The molecule has 0 aliphatic carbocycles. The molecular weight excluding hydrogens is 280 g/mol. The van der Waals surface area contributed by atoms with Crippen molar-refractivity contribution in [3.63, 3.8) is 0 Å². The number of piperidine rings is 1. The largest absolute Gasteiger partial charge is 0.466 e. The molecule has 1 rings (SSSR count). The zero-order valence-electron chi connectivity index (χ0n) is 14.8. The molecule has 0 spiro atoms. The van der Waals surface area contributed by atoms with Crippen molar-refractivity contribution in [2.45, 2.75) is 39.7 Å². The van der Waals surface area contributed by atoms with Crippen LogP contribution in [0, 0.1) is 5.92 Å². The van der Waals surface area contributed by atoms with Gasteiger partial charge in [0.1, 0.15) is 0 Å². The van der Waals surface area contributed by atoms with E-state index in [-0.39, 0.29) is 11.9 Å². The van der Waals surface area contributed by atoms with Gasteiger partial charge in [0.15, 0.2) is 5.96 Å². The minimum Gasteiger partial charge on any atom is -0.466 e. The third-order valence-corrected chi connectivity index (χ3v) is 4.18. The summed E-state index contributed by atoms with van der Waals surface area (Å²) >= 11 is 0. The summed E-state index contributed by atoms with van der Waals surface area (Å²) in [5.41, 5.74) is 0. The van der Waals surface area contributed by atoms with Gasteiger partial charge >= 0.3 is 5.97 Å². The van der Waals surface area contributed by atoms with Crippen LogP contribution < -0.4 is 5.32 Å². The van der Waals surface area contributed by atoms with Crippen molar-refractivity contribution in [2.24, 2.45) is 10.9 Å². The first kappa shape index (κ1) is 18.7. The van der Waals surface area contributed by atoms with Gasteiger partial charge in [-0.25, -0.2) is 0 Å². The highest BCUT2D eigenvalue weighted by Crippen LogP contribution is 2.18. The first-order chi connectivity index (χ1) is 10.5. The van der Waals surface area contributed by atoms with Gasteiger partial charge < -0.3 is 19.9 Å². The number of rotatable bonds is 6. The minimum atomic E-state index is -0.0813. The molecular formula is C16H32N4O2. The molecule has 0 bridgehead atoms. The lowest BCUT2D eigenvalue weighted by Gasteiger charge is -2.34. The smallest absolute Gasteiger partial charge is 0.310 e. The molecule has 0 radical (unpaired) electrons. The summed E-state index contributed by atoms with van der Waals surface area (Å²) in [6, 6.07) is 0.534. The van der Waals surface area contributed by atoms with Crippen LogP contribution in [0.25, 0.3) is 0 Å². The highest BCUT2D eigenvalue weighted by molar-refractivity contribution is 5.81. The van der Waals surface area contributed by atoms with Crippen molar-refractivity contribution < 1.29 is 9.53 Å². The van der Waals surface area contributed by atoms with E-state index in [1.165, 1.54) is 0 Å². The van der Waals surface area contributed by atoms with Crippen molar-refractivity contribution >= 4 is 11.9 Å². The number of ether oxygens (including phenoxy) is 1. The molecule has 6 nitrogen and oxygen atoms in total. The molecule has 1 heterocycles. The molecule has 1 saturated heterocycles. The van der Waals surface area contributed by atoms with Crippen LogP contribution in [-0.4, -0.2) is 74.7 Å². The van der Waals surface area contributed by atoms with Gasteiger partial charge in [0.2, 0.25) is 0 Å². The van der Waals surface area contributed by atoms with Crippen molar-refractivity contribution in [2.75, 3.05) is 46.9 Å². The Morgan fingerprint density at radius 3 is 2.82 bits per heavy atom. The summed E-state index contributed by atoms with van der Waals surface area (Å²) in [5, 5.41) is 3.40. The first-order valence-electron chi connectivity index (χ1n) is 8.32. The van der Waals surface area contributed by atoms with Gasteiger partial charge in [0, 0.05) is 39.3 Å². The molecule has 0 unspecified atom stereocenters. The topological polar surface area (TPSA) is 57.2 Å². The molecule has 22 heavy (non-hydrogen) atoms. The van der Waals surface area contributed by atoms with E-state index < -0.39 is 0 Å². The van der Waals surface area contributed by atoms with Gasteiger partial charge in [-0.15, -0.1) is 0 Å². The van der Waals surface area contributed by atoms with Crippen molar-refractivity contribution in [3.05, 3.63) is 0 Å². The second-order valence-corrected chi connectivity index (χ2v) is 6.09. The molecule has 128 valence electrons. The van der Waals surface area contributed by atoms with E-state index in [1.54, 1.807) is 7.05 Å². The average Bonchev–Trinajstić information content (AvgIpc) is 2.51. The Hall–Kier alpha value is -1.30. The van der Waals surface area contributed by atoms with Crippen LogP contribution in [-0.2, 0) is 9.53 Å². The quantitative estimate of drug-likeness (QED) is 0.453. The van der Waals surface area contributed by atoms with Gasteiger partial charge in [0.25, 0.3) is 0 Å². The van der Waals surface area contributed by atoms with E-state index in [1.807, 2.05) is 6.92 Å². The Bertz CT molecular complexity index is 371. The SMILES string of the molecule is CCOC(=O)[C@H]1CCCN(C(=NC)NCCN(C)C(C)C)C1. The Morgan fingerprint density at radius 1 is 1.50 bits per heavy atom. The summed E-state index contributed by atoms with van der Waals surface area (Å²) in [5.74, 6) is 0.763. The summed E-state index contributed by atoms with van der Waals surface area (Å²) in [4.78, 5) is 20.7. The lowest BCUT2D eigenvalue weighted by Crippen LogP contribution is -2.49. The predicted octanol–water partition coefficient (Wildman–Crippen LogP) is 1.18. The lowest BCUT2D eigenvalue weighted by molar-refractivity contribution is -0.149. The van der Waals surface area contributed by atoms with Gasteiger partial charge in [-0.2, -0.15) is 0 Å². The number of carbonyl (C=O) groups is 1. The van der Waals surface area contributed by atoms with E-state index in [9.17, 15) is 4.79 Å². The van der Waals surface area contributed by atoms with E-state index in [4.69, 9.17) is 4.74 Å². The highest BCUT2D eigenvalue weighted by Gasteiger charge is 2.28. The fourth-order valence-electron chi connectivity index (χ4n) is 2.56. The molecule has 1 atom stereocenters. The number of guanidine groups is 1. The first-order valence-corrected chi connectivity index (χ1v) is 8.32. The van der Waals surface area contributed by atoms with Crippen LogP contribution in [0.3, 0.4) is 0 Å². The summed E-state index contributed by atoms with van der Waals surface area (Å²) in [7, 11) is 3.91. The van der Waals surface area contributed by atoms with Crippen LogP contribution in [0.15, 0.2) is 4.99 Å². The van der Waals surface area contributed by atoms with Gasteiger partial charge in [-0.3, -0.25) is 9.79 Å². The molecule has 6 heteroatoms. The molecule has 0 aromatic rings. The number of hydrogen-bond donors (Lipinski definition) is 1. The lowest BCUT2D eigenvalue weighted by atomic mass is 9.98. The Morgan fingerprint density at radius 2 is 2.23 bits per heavy atom. The van der Waals surface area contributed by atoms with Crippen molar-refractivity contribution in [1.82, 2.24) is 15.1 Å². The van der Waals surface area contributed by atoms with Crippen LogP contribution in [0.5, 0.6) is 0 Å². The van der Waals surface area contributed by atoms with Crippen molar-refractivity contribution in [3.8, 4) is 0 Å². The Kier molecular flexibility index (Phi) is 8.24. The standard InChI is InChI=1S/C16H32N4O2/c1-6-22-15(21)14-8-7-10-20(12-14)16(17-4)18-9-11-19(5)13(2)3/h13-14H,6-12H2,1-5H3,(H,17,18)/t14-/m0/s1. The van der Waals surface area contributed by atoms with Crippen LogP contribution in [0.1, 0.15) is 33.6 Å². The average molecular weight is 312 g/mol. The zero-order valence-corrected chi connectivity index (χ0v) is 14.8. The maximum Gasteiger partial charge on any atom is 0.310 e. The van der Waals surface area contributed by atoms with Gasteiger partial charge in [-0.05, 0) is 40.7 Å². The van der Waals surface area contributed by atoms with E-state index >= 15 is 0 Å². The maximum atomic E-state index is 11.9. The number of likely N-dealkylation sites (N-methyl/N-ethyl adjacent to an activating group) is 1. The fraction of sp³-hybridized carbons (Fsp3) is 0.875. The van der Waals surface area contributed by atoms with E-state index in [2.05, 4.69) is 41.0 Å². The molecule has 0 aromatic carbocycles. The van der Waals surface area contributed by atoms with Gasteiger partial charge in [0.05, 0.1) is 12.5 Å². The number of likely N-dealkylation sites (tertiary alicyclic amines) is 1. The Labute approximate surface area is 134 Å². The summed E-state index contributed by atoms with van der Waals surface area (Å²) in [6.45, 7) is 10.1. The number of carbonyl (C=O) groups excluding carboxylic acids is 1. The summed E-state index contributed by atoms with van der Waals surface area (Å²) < 4.78 is 5.15. The third kappa shape index (κ3) is 5.83. The van der Waals surface area contributed by atoms with Crippen LogP contribution in [0.4, 0.5) is 0 Å². The molecule has 1 N–H and O–H groups in total.